The van der Waals surface area contributed by atoms with E-state index in [1.54, 1.807) is 24.3 Å². The SMILES string of the molecule is COC(=O)c1cc2c(Oc3ccc([N+](=O)[O-])cc3)c(c1)Oc1nc(nc(-c3ccc(C)cc3)n1)Oc1cc(C(=O)OC)cc(c1Oc1ccc([N+](=O)[O-])cc1)Oc1nc(nc(-c3ccc(C)cc3)n1)O2. The number of rotatable bonds is 10. The molecule has 0 saturated heterocycles. The Morgan fingerprint density at radius 2 is 0.757 bits per heavy atom. The van der Waals surface area contributed by atoms with Crippen LogP contribution in [0.4, 0.5) is 11.4 Å². The average Bonchev–Trinajstić information content (AvgIpc) is 3.35. The highest BCUT2D eigenvalue weighted by Crippen LogP contribution is 2.48. The highest BCUT2D eigenvalue weighted by atomic mass is 16.6. The third kappa shape index (κ3) is 9.85. The van der Waals surface area contributed by atoms with E-state index in [1.807, 2.05) is 38.1 Å². The molecule has 0 radical (unpaired) electrons. The van der Waals surface area contributed by atoms with Crippen molar-refractivity contribution >= 4 is 23.3 Å². The fourth-order valence-electron chi connectivity index (χ4n) is 6.55. The summed E-state index contributed by atoms with van der Waals surface area (Å²) in [6, 6.07) is 27.5. The van der Waals surface area contributed by atoms with Crippen LogP contribution in [0.1, 0.15) is 31.8 Å². The van der Waals surface area contributed by atoms with Crippen LogP contribution in [0.2, 0.25) is 0 Å². The summed E-state index contributed by atoms with van der Waals surface area (Å²) in [5.74, 6) is -3.09. The molecule has 0 unspecified atom stereocenters. The molecule has 22 heteroatoms. The smallest absolute Gasteiger partial charge is 0.338 e. The second kappa shape index (κ2) is 19.0. The van der Waals surface area contributed by atoms with Gasteiger partial charge in [0.25, 0.3) is 11.4 Å². The Balaban J connectivity index is 1.32. The van der Waals surface area contributed by atoms with Crippen LogP contribution < -0.4 is 28.4 Å². The number of methoxy groups -OCH3 is 2. The van der Waals surface area contributed by atoms with Gasteiger partial charge in [0.05, 0.1) is 35.2 Å². The van der Waals surface area contributed by atoms with E-state index in [-0.39, 0.29) is 80.1 Å². The molecule has 1 aliphatic heterocycles. The lowest BCUT2D eigenvalue weighted by Crippen LogP contribution is -2.08. The van der Waals surface area contributed by atoms with E-state index in [0.29, 0.717) is 11.1 Å². The summed E-state index contributed by atoms with van der Waals surface area (Å²) in [7, 11) is 2.33. The van der Waals surface area contributed by atoms with Crippen molar-refractivity contribution in [2.75, 3.05) is 14.2 Å². The summed E-state index contributed by atoms with van der Waals surface area (Å²) >= 11 is 0. The Bertz CT molecular complexity index is 3040. The van der Waals surface area contributed by atoms with Gasteiger partial charge in [0, 0.05) is 35.4 Å². The zero-order chi connectivity index (χ0) is 49.1. The summed E-state index contributed by atoms with van der Waals surface area (Å²) in [5.41, 5.74) is 2.06. The second-order valence-electron chi connectivity index (χ2n) is 14.9. The van der Waals surface area contributed by atoms with Gasteiger partial charge in [-0.15, -0.1) is 9.97 Å². The van der Waals surface area contributed by atoms with Crippen molar-refractivity contribution in [3.63, 3.8) is 0 Å². The summed E-state index contributed by atoms with van der Waals surface area (Å²) in [5, 5.41) is 23.1. The molecule has 8 bridgehead atoms. The number of hydrogen-bond donors (Lipinski definition) is 0. The standard InChI is InChI=1S/C48H32N8O14/c1-25-5-9-27(10-6-25)41-49-45-53-46(50-41)68-36-22-30(44(58)64-4)24-38(40(36)66-34-19-15-32(16-20-34)56(61)62)70-48-52-42(28-11-7-26(2)8-12-28)51-47(54-48)69-37-23-29(43(57)63-3)21-35(67-45)39(37)65-33-17-13-31(14-18-33)55(59)60/h5-24H,1-4H3. The minimum absolute atomic E-state index is 0.00852. The number of non-ortho nitro benzene ring substituents is 2. The Hall–Kier alpha value is -10.1. The molecular formula is C48H32N8O14. The minimum Gasteiger partial charge on any atom is -0.465 e. The first-order chi connectivity index (χ1) is 33.8. The zero-order valence-electron chi connectivity index (χ0n) is 36.8. The molecule has 22 nitrogen and oxygen atoms in total. The Kier molecular flexibility index (Phi) is 12.2. The number of carbonyl (C=O) groups excluding carboxylic acids is 2. The van der Waals surface area contributed by atoms with Gasteiger partial charge in [-0.1, -0.05) is 59.7 Å². The average molecular weight is 945 g/mol. The number of nitro groups is 2. The maximum atomic E-state index is 13.3. The maximum Gasteiger partial charge on any atom is 0.338 e. The molecule has 0 amide bonds. The largest absolute Gasteiger partial charge is 0.465 e. The molecule has 0 spiro atoms. The van der Waals surface area contributed by atoms with E-state index >= 15 is 0 Å². The van der Waals surface area contributed by atoms with E-state index in [4.69, 9.17) is 37.9 Å². The van der Waals surface area contributed by atoms with Gasteiger partial charge >= 0.3 is 36.0 Å². The molecule has 0 aliphatic carbocycles. The van der Waals surface area contributed by atoms with E-state index in [1.165, 1.54) is 72.8 Å². The van der Waals surface area contributed by atoms with Crippen LogP contribution in [0, 0.1) is 34.1 Å². The molecule has 0 atom stereocenters. The molecule has 8 aromatic rings. The quantitative estimate of drug-likeness (QED) is 0.0700. The van der Waals surface area contributed by atoms with E-state index in [2.05, 4.69) is 29.9 Å². The third-order valence-corrected chi connectivity index (χ3v) is 10.0. The van der Waals surface area contributed by atoms with Gasteiger partial charge in [-0.05, 0) is 62.4 Å². The molecule has 348 valence electrons. The lowest BCUT2D eigenvalue weighted by Gasteiger charge is -2.19. The van der Waals surface area contributed by atoms with Crippen molar-refractivity contribution in [2.45, 2.75) is 13.8 Å². The fraction of sp³-hybridized carbons (Fsp3) is 0.0833. The van der Waals surface area contributed by atoms with Crippen molar-refractivity contribution in [3.8, 4) is 92.8 Å². The monoisotopic (exact) mass is 944 g/mol. The number of nitro benzene ring substituents is 2. The molecule has 9 rings (SSSR count). The topological polar surface area (TPSA) is 272 Å². The highest BCUT2D eigenvalue weighted by molar-refractivity contribution is 5.92. The molecular weight excluding hydrogens is 913 g/mol. The first-order valence-corrected chi connectivity index (χ1v) is 20.5. The fourth-order valence-corrected chi connectivity index (χ4v) is 6.55. The number of esters is 2. The van der Waals surface area contributed by atoms with Gasteiger partial charge in [0.1, 0.15) is 11.5 Å². The number of ether oxygens (including phenoxy) is 8. The van der Waals surface area contributed by atoms with Crippen molar-refractivity contribution in [1.29, 1.82) is 0 Å². The summed E-state index contributed by atoms with van der Waals surface area (Å²) in [6.07, 6.45) is 0. The number of hydrogen-bond acceptors (Lipinski definition) is 20. The molecule has 1 aliphatic rings. The zero-order valence-corrected chi connectivity index (χ0v) is 36.8. The summed E-state index contributed by atoms with van der Waals surface area (Å²) in [4.78, 5) is 75.9. The second-order valence-corrected chi connectivity index (χ2v) is 14.9. The predicted molar refractivity (Wildman–Crippen MR) is 242 cm³/mol. The van der Waals surface area contributed by atoms with Crippen molar-refractivity contribution in [2.24, 2.45) is 0 Å². The van der Waals surface area contributed by atoms with E-state index in [9.17, 15) is 29.8 Å². The van der Waals surface area contributed by atoms with Crippen LogP contribution in [0.3, 0.4) is 0 Å². The van der Waals surface area contributed by atoms with Gasteiger partial charge in [0.15, 0.2) is 34.6 Å². The van der Waals surface area contributed by atoms with Crippen LogP contribution in [0.15, 0.2) is 121 Å². The number of aromatic nitrogens is 6. The van der Waals surface area contributed by atoms with Crippen LogP contribution in [-0.2, 0) is 9.47 Å². The molecule has 2 aromatic heterocycles. The predicted octanol–water partition coefficient (Wildman–Crippen LogP) is 10.5. The molecule has 0 N–H and O–H groups in total. The van der Waals surface area contributed by atoms with Crippen molar-refractivity contribution in [1.82, 2.24) is 29.9 Å². The summed E-state index contributed by atoms with van der Waals surface area (Å²) < 4.78 is 48.4. The highest BCUT2D eigenvalue weighted by Gasteiger charge is 2.28. The van der Waals surface area contributed by atoms with Gasteiger partial charge in [-0.3, -0.25) is 20.2 Å². The molecule has 0 saturated carbocycles. The van der Waals surface area contributed by atoms with Gasteiger partial charge in [-0.2, -0.15) is 19.9 Å². The third-order valence-electron chi connectivity index (χ3n) is 10.0. The Labute approximate surface area is 394 Å². The molecule has 6 aromatic carbocycles. The van der Waals surface area contributed by atoms with E-state index in [0.717, 1.165) is 25.3 Å². The first kappa shape index (κ1) is 45.1. The Morgan fingerprint density at radius 3 is 1.03 bits per heavy atom. The lowest BCUT2D eigenvalue weighted by molar-refractivity contribution is -0.385. The lowest BCUT2D eigenvalue weighted by atomic mass is 10.1. The maximum absolute atomic E-state index is 13.3. The van der Waals surface area contributed by atoms with Crippen LogP contribution >= 0.6 is 0 Å². The van der Waals surface area contributed by atoms with Gasteiger partial charge in [0.2, 0.25) is 11.5 Å². The molecule has 3 heterocycles. The number of carbonyl (C=O) groups is 2. The molecule has 70 heavy (non-hydrogen) atoms. The van der Waals surface area contributed by atoms with Crippen molar-refractivity contribution in [3.05, 3.63) is 164 Å². The van der Waals surface area contributed by atoms with Crippen LogP contribution in [-0.4, -0.2) is 65.9 Å². The number of nitrogens with zero attached hydrogens (tertiary/aromatic N) is 8. The van der Waals surface area contributed by atoms with Crippen molar-refractivity contribution < 1.29 is 57.3 Å². The minimum atomic E-state index is -0.841. The number of benzene rings is 6. The number of fused-ring (bicyclic) bond motifs is 8. The van der Waals surface area contributed by atoms with Gasteiger partial charge < -0.3 is 37.9 Å². The summed E-state index contributed by atoms with van der Waals surface area (Å²) in [6.45, 7) is 3.77. The normalized spacial score (nSPS) is 11.4. The number of aryl methyl sites for hydroxylation is 2. The van der Waals surface area contributed by atoms with Gasteiger partial charge in [-0.25, -0.2) is 9.59 Å². The van der Waals surface area contributed by atoms with Crippen LogP contribution in [0.5, 0.6) is 70.0 Å². The first-order valence-electron chi connectivity index (χ1n) is 20.5. The van der Waals surface area contributed by atoms with E-state index < -0.39 is 45.8 Å². The Morgan fingerprint density at radius 1 is 0.457 bits per heavy atom. The molecule has 0 fully saturated rings. The van der Waals surface area contributed by atoms with Crippen LogP contribution in [0.25, 0.3) is 22.8 Å².